The molecule has 0 saturated heterocycles. The highest BCUT2D eigenvalue weighted by atomic mass is 19.4. The standard InChI is InChI=1S/C24H20F3NO/c1-2-21-14-20-13-19(18-9-6-10-22(15-18)29-24(25,26)27)11-12-23(20)28(21)16-17-7-4-3-5-8-17/h3-15H,2,16H2,1H3. The molecule has 4 rings (SSSR count). The third-order valence-corrected chi connectivity index (χ3v) is 4.93. The van der Waals surface area contributed by atoms with E-state index in [-0.39, 0.29) is 5.75 Å². The number of ether oxygens (including phenoxy) is 1. The summed E-state index contributed by atoms with van der Waals surface area (Å²) in [5, 5.41) is 1.07. The Hall–Kier alpha value is -3.21. The zero-order chi connectivity index (χ0) is 20.4. The van der Waals surface area contributed by atoms with Crippen molar-refractivity contribution in [3.63, 3.8) is 0 Å². The lowest BCUT2D eigenvalue weighted by atomic mass is 10.0. The van der Waals surface area contributed by atoms with Crippen LogP contribution in [-0.4, -0.2) is 10.9 Å². The van der Waals surface area contributed by atoms with E-state index in [1.165, 1.54) is 23.4 Å². The molecule has 0 aliphatic rings. The van der Waals surface area contributed by atoms with Gasteiger partial charge in [-0.2, -0.15) is 0 Å². The molecule has 0 fully saturated rings. The summed E-state index contributed by atoms with van der Waals surface area (Å²) in [4.78, 5) is 0. The van der Waals surface area contributed by atoms with E-state index in [4.69, 9.17) is 0 Å². The Morgan fingerprint density at radius 3 is 2.31 bits per heavy atom. The van der Waals surface area contributed by atoms with Crippen LogP contribution in [0, 0.1) is 0 Å². The number of rotatable bonds is 5. The van der Waals surface area contributed by atoms with Crippen molar-refractivity contribution >= 4 is 10.9 Å². The van der Waals surface area contributed by atoms with E-state index in [9.17, 15) is 13.2 Å². The maximum Gasteiger partial charge on any atom is 0.573 e. The van der Waals surface area contributed by atoms with Gasteiger partial charge in [-0.1, -0.05) is 55.5 Å². The molecule has 0 atom stereocenters. The largest absolute Gasteiger partial charge is 0.573 e. The number of halogens is 3. The van der Waals surface area contributed by atoms with Crippen LogP contribution >= 0.6 is 0 Å². The summed E-state index contributed by atoms with van der Waals surface area (Å²) in [5.74, 6) is -0.217. The Balaban J connectivity index is 1.71. The predicted molar refractivity (Wildman–Crippen MR) is 109 cm³/mol. The summed E-state index contributed by atoms with van der Waals surface area (Å²) in [6.07, 6.45) is -3.81. The van der Waals surface area contributed by atoms with Crippen molar-refractivity contribution in [1.82, 2.24) is 4.57 Å². The van der Waals surface area contributed by atoms with Crippen molar-refractivity contribution in [3.05, 3.63) is 90.1 Å². The SMILES string of the molecule is CCc1cc2cc(-c3cccc(OC(F)(F)F)c3)ccc2n1Cc1ccccc1. The normalized spacial score (nSPS) is 11.7. The number of hydrogen-bond donors (Lipinski definition) is 0. The first kappa shape index (κ1) is 19.1. The Morgan fingerprint density at radius 1 is 0.828 bits per heavy atom. The molecule has 2 nitrogen and oxygen atoms in total. The van der Waals surface area contributed by atoms with Gasteiger partial charge in [0, 0.05) is 23.1 Å². The van der Waals surface area contributed by atoms with Gasteiger partial charge < -0.3 is 9.30 Å². The summed E-state index contributed by atoms with van der Waals surface area (Å²) >= 11 is 0. The molecule has 1 heterocycles. The third-order valence-electron chi connectivity index (χ3n) is 4.93. The molecule has 0 N–H and O–H groups in total. The monoisotopic (exact) mass is 395 g/mol. The van der Waals surface area contributed by atoms with E-state index < -0.39 is 6.36 Å². The fourth-order valence-corrected chi connectivity index (χ4v) is 3.63. The first-order chi connectivity index (χ1) is 13.9. The summed E-state index contributed by atoms with van der Waals surface area (Å²) in [6, 6.07) is 24.5. The maximum atomic E-state index is 12.5. The minimum Gasteiger partial charge on any atom is -0.406 e. The van der Waals surface area contributed by atoms with Gasteiger partial charge in [0.15, 0.2) is 0 Å². The zero-order valence-electron chi connectivity index (χ0n) is 15.9. The minimum absolute atomic E-state index is 0.217. The summed E-state index contributed by atoms with van der Waals surface area (Å²) in [5.41, 5.74) is 5.08. The van der Waals surface area contributed by atoms with E-state index in [0.717, 1.165) is 29.4 Å². The first-order valence-electron chi connectivity index (χ1n) is 9.45. The topological polar surface area (TPSA) is 14.2 Å². The van der Waals surface area contributed by atoms with Crippen LogP contribution in [0.3, 0.4) is 0 Å². The fraction of sp³-hybridized carbons (Fsp3) is 0.167. The molecule has 0 unspecified atom stereocenters. The summed E-state index contributed by atoms with van der Waals surface area (Å²) in [7, 11) is 0. The summed E-state index contributed by atoms with van der Waals surface area (Å²) in [6.45, 7) is 2.90. The Labute approximate surface area is 167 Å². The van der Waals surface area contributed by atoms with E-state index in [1.807, 2.05) is 36.4 Å². The van der Waals surface area contributed by atoms with E-state index in [0.29, 0.717) is 5.56 Å². The maximum absolute atomic E-state index is 12.5. The number of alkyl halides is 3. The van der Waals surface area contributed by atoms with Gasteiger partial charge in [0.2, 0.25) is 0 Å². The van der Waals surface area contributed by atoms with Gasteiger partial charge in [0.1, 0.15) is 5.75 Å². The number of benzene rings is 3. The number of hydrogen-bond acceptors (Lipinski definition) is 1. The lowest BCUT2D eigenvalue weighted by molar-refractivity contribution is -0.274. The molecule has 0 amide bonds. The van der Waals surface area contributed by atoms with Crippen LogP contribution in [-0.2, 0) is 13.0 Å². The van der Waals surface area contributed by atoms with Gasteiger partial charge in [-0.15, -0.1) is 13.2 Å². The molecule has 1 aromatic heterocycles. The van der Waals surface area contributed by atoms with Crippen LogP contribution in [0.2, 0.25) is 0 Å². The van der Waals surface area contributed by atoms with Crippen molar-refractivity contribution in [2.24, 2.45) is 0 Å². The second-order valence-corrected chi connectivity index (χ2v) is 6.91. The molecule has 0 spiro atoms. The highest BCUT2D eigenvalue weighted by molar-refractivity contribution is 5.87. The molecule has 0 saturated carbocycles. The second kappa shape index (κ2) is 7.66. The molecule has 3 aromatic carbocycles. The van der Waals surface area contributed by atoms with Crippen LogP contribution in [0.5, 0.6) is 5.75 Å². The molecule has 0 aliphatic carbocycles. The molecule has 148 valence electrons. The first-order valence-corrected chi connectivity index (χ1v) is 9.45. The average molecular weight is 395 g/mol. The zero-order valence-corrected chi connectivity index (χ0v) is 15.9. The second-order valence-electron chi connectivity index (χ2n) is 6.91. The van der Waals surface area contributed by atoms with Crippen molar-refractivity contribution in [1.29, 1.82) is 0 Å². The number of fused-ring (bicyclic) bond motifs is 1. The van der Waals surface area contributed by atoms with Gasteiger partial charge in [-0.05, 0) is 53.4 Å². The van der Waals surface area contributed by atoms with E-state index >= 15 is 0 Å². The Kier molecular flexibility index (Phi) is 5.05. The highest BCUT2D eigenvalue weighted by Crippen LogP contribution is 2.31. The van der Waals surface area contributed by atoms with E-state index in [2.05, 4.69) is 34.4 Å². The van der Waals surface area contributed by atoms with Crippen LogP contribution in [0.4, 0.5) is 13.2 Å². The highest BCUT2D eigenvalue weighted by Gasteiger charge is 2.31. The van der Waals surface area contributed by atoms with Crippen molar-refractivity contribution in [2.45, 2.75) is 26.3 Å². The molecule has 0 aliphatic heterocycles. The van der Waals surface area contributed by atoms with Crippen LogP contribution < -0.4 is 4.74 Å². The lowest BCUT2D eigenvalue weighted by Crippen LogP contribution is -2.17. The van der Waals surface area contributed by atoms with Gasteiger partial charge in [0.05, 0.1) is 0 Å². The lowest BCUT2D eigenvalue weighted by Gasteiger charge is -2.11. The van der Waals surface area contributed by atoms with Gasteiger partial charge in [-0.25, -0.2) is 0 Å². The number of aromatic nitrogens is 1. The van der Waals surface area contributed by atoms with Crippen molar-refractivity contribution in [2.75, 3.05) is 0 Å². The van der Waals surface area contributed by atoms with E-state index in [1.54, 1.807) is 12.1 Å². The molecular weight excluding hydrogens is 375 g/mol. The minimum atomic E-state index is -4.70. The van der Waals surface area contributed by atoms with Crippen molar-refractivity contribution < 1.29 is 17.9 Å². The quantitative estimate of drug-likeness (QED) is 0.362. The molecule has 4 aromatic rings. The van der Waals surface area contributed by atoms with Crippen molar-refractivity contribution in [3.8, 4) is 16.9 Å². The fourth-order valence-electron chi connectivity index (χ4n) is 3.63. The molecule has 29 heavy (non-hydrogen) atoms. The Morgan fingerprint density at radius 2 is 1.59 bits per heavy atom. The smallest absolute Gasteiger partial charge is 0.406 e. The van der Waals surface area contributed by atoms with Crippen LogP contribution in [0.15, 0.2) is 78.9 Å². The number of nitrogens with zero attached hydrogens (tertiary/aromatic N) is 1. The summed E-state index contributed by atoms with van der Waals surface area (Å²) < 4.78 is 43.9. The Bertz CT molecular complexity index is 1130. The van der Waals surface area contributed by atoms with Gasteiger partial charge >= 0.3 is 6.36 Å². The average Bonchev–Trinajstić information content (AvgIpc) is 3.04. The molecule has 0 bridgehead atoms. The van der Waals surface area contributed by atoms with Crippen LogP contribution in [0.25, 0.3) is 22.0 Å². The number of aryl methyl sites for hydroxylation is 1. The third kappa shape index (κ3) is 4.29. The predicted octanol–water partition coefficient (Wildman–Crippen LogP) is 6.82. The van der Waals surface area contributed by atoms with Crippen LogP contribution in [0.1, 0.15) is 18.2 Å². The molecule has 0 radical (unpaired) electrons. The molecular formula is C24H20F3NO. The van der Waals surface area contributed by atoms with Gasteiger partial charge in [0.25, 0.3) is 0 Å². The van der Waals surface area contributed by atoms with Gasteiger partial charge in [-0.3, -0.25) is 0 Å². The molecule has 5 heteroatoms.